The predicted octanol–water partition coefficient (Wildman–Crippen LogP) is 5.52. The Balaban J connectivity index is 1.73. The molecule has 0 aliphatic heterocycles. The molecule has 3 nitrogen and oxygen atoms in total. The Labute approximate surface area is 176 Å². The van der Waals surface area contributed by atoms with Crippen LogP contribution in [0, 0.1) is 5.41 Å². The van der Waals surface area contributed by atoms with Crippen molar-refractivity contribution in [3.05, 3.63) is 107 Å². The molecule has 3 aromatic rings. The fourth-order valence-electron chi connectivity index (χ4n) is 4.34. The van der Waals surface area contributed by atoms with Gasteiger partial charge in [0.15, 0.2) is 17.3 Å². The number of hydrogen-bond acceptors (Lipinski definition) is 3. The van der Waals surface area contributed by atoms with Crippen LogP contribution >= 0.6 is 0 Å². The Kier molecular flexibility index (Phi) is 5.45. The van der Waals surface area contributed by atoms with Crippen molar-refractivity contribution in [2.75, 3.05) is 0 Å². The minimum atomic E-state index is -1.39. The van der Waals surface area contributed by atoms with Gasteiger partial charge in [-0.2, -0.15) is 0 Å². The summed E-state index contributed by atoms with van der Waals surface area (Å²) in [7, 11) is 0. The molecule has 0 unspecified atom stereocenters. The Morgan fingerprint density at radius 1 is 0.733 bits per heavy atom. The average Bonchev–Trinajstić information content (AvgIpc) is 2.98. The maximum atomic E-state index is 13.5. The van der Waals surface area contributed by atoms with Gasteiger partial charge in [-0.1, -0.05) is 92.2 Å². The first kappa shape index (κ1) is 20.0. The molecule has 0 aromatic heterocycles. The van der Waals surface area contributed by atoms with Crippen molar-refractivity contribution in [1.29, 1.82) is 0 Å². The Morgan fingerprint density at radius 3 is 1.83 bits per heavy atom. The van der Waals surface area contributed by atoms with Crippen LogP contribution in [0.2, 0.25) is 0 Å². The van der Waals surface area contributed by atoms with Crippen molar-refractivity contribution in [3.63, 3.8) is 0 Å². The topological polar surface area (TPSA) is 51.2 Å². The molecule has 0 atom stereocenters. The molecule has 1 aliphatic carbocycles. The van der Waals surface area contributed by atoms with Gasteiger partial charge in [-0.15, -0.1) is 0 Å². The lowest BCUT2D eigenvalue weighted by Gasteiger charge is -2.25. The molecular weight excluding hydrogens is 372 g/mol. The van der Waals surface area contributed by atoms with E-state index in [1.165, 1.54) is 5.56 Å². The first-order valence-electron chi connectivity index (χ1n) is 10.4. The van der Waals surface area contributed by atoms with Crippen LogP contribution in [0.15, 0.2) is 78.9 Å². The quantitative estimate of drug-likeness (QED) is 0.390. The van der Waals surface area contributed by atoms with Crippen LogP contribution < -0.4 is 0 Å². The lowest BCUT2D eigenvalue weighted by atomic mass is 9.72. The molecule has 0 radical (unpaired) electrons. The molecule has 0 bridgehead atoms. The molecule has 0 heterocycles. The van der Waals surface area contributed by atoms with Gasteiger partial charge in [0.1, 0.15) is 5.41 Å². The normalized spacial score (nSPS) is 14.6. The molecular formula is C27H24O3. The first-order valence-corrected chi connectivity index (χ1v) is 10.4. The van der Waals surface area contributed by atoms with E-state index in [0.717, 1.165) is 18.4 Å². The number of ketones is 3. The summed E-state index contributed by atoms with van der Waals surface area (Å²) in [4.78, 5) is 40.1. The molecule has 0 spiro atoms. The van der Waals surface area contributed by atoms with Crippen molar-refractivity contribution < 1.29 is 14.4 Å². The van der Waals surface area contributed by atoms with Gasteiger partial charge in [-0.05, 0) is 24.0 Å². The third-order valence-corrected chi connectivity index (χ3v) is 5.91. The minimum Gasteiger partial charge on any atom is -0.294 e. The van der Waals surface area contributed by atoms with Gasteiger partial charge in [-0.3, -0.25) is 14.4 Å². The Morgan fingerprint density at radius 2 is 1.27 bits per heavy atom. The standard InChI is InChI=1S/C27H24O3/c1-2-8-19-13-15-20(16-14-19)17-27(18-24(28)21-9-4-3-5-10-21)25(29)22-11-6-7-12-23(22)26(27)30/h3-7,9-16H,2,8,17-18H2,1H3. The van der Waals surface area contributed by atoms with Gasteiger partial charge >= 0.3 is 0 Å². The molecule has 150 valence electrons. The third-order valence-electron chi connectivity index (χ3n) is 5.91. The smallest absolute Gasteiger partial charge is 0.178 e. The molecule has 0 saturated heterocycles. The first-order chi connectivity index (χ1) is 14.5. The number of carbonyl (C=O) groups is 3. The highest BCUT2D eigenvalue weighted by atomic mass is 16.2. The molecule has 3 heteroatoms. The zero-order chi connectivity index (χ0) is 21.1. The lowest BCUT2D eigenvalue weighted by Crippen LogP contribution is -2.38. The summed E-state index contributed by atoms with van der Waals surface area (Å²) in [6, 6.07) is 23.8. The number of aryl methyl sites for hydroxylation is 1. The average molecular weight is 396 g/mol. The van der Waals surface area contributed by atoms with Crippen LogP contribution in [0.1, 0.15) is 62.0 Å². The molecule has 4 rings (SSSR count). The van der Waals surface area contributed by atoms with Crippen LogP contribution in [-0.4, -0.2) is 17.3 Å². The predicted molar refractivity (Wildman–Crippen MR) is 117 cm³/mol. The molecule has 0 saturated carbocycles. The van der Waals surface area contributed by atoms with E-state index in [4.69, 9.17) is 0 Å². The number of carbonyl (C=O) groups excluding carboxylic acids is 3. The van der Waals surface area contributed by atoms with E-state index in [-0.39, 0.29) is 30.2 Å². The number of hydrogen-bond donors (Lipinski definition) is 0. The van der Waals surface area contributed by atoms with Gasteiger partial charge in [0.05, 0.1) is 0 Å². The molecule has 3 aromatic carbocycles. The van der Waals surface area contributed by atoms with E-state index < -0.39 is 5.41 Å². The van der Waals surface area contributed by atoms with E-state index in [0.29, 0.717) is 16.7 Å². The van der Waals surface area contributed by atoms with Crippen LogP contribution in [0.4, 0.5) is 0 Å². The van der Waals surface area contributed by atoms with Crippen molar-refractivity contribution in [2.45, 2.75) is 32.6 Å². The maximum absolute atomic E-state index is 13.5. The maximum Gasteiger partial charge on any atom is 0.178 e. The van der Waals surface area contributed by atoms with Crippen LogP contribution in [-0.2, 0) is 12.8 Å². The Bertz CT molecular complexity index is 1060. The second-order valence-corrected chi connectivity index (χ2v) is 8.00. The number of rotatable bonds is 7. The summed E-state index contributed by atoms with van der Waals surface area (Å²) in [5.41, 5.74) is 2.10. The van der Waals surface area contributed by atoms with Crippen molar-refractivity contribution >= 4 is 17.3 Å². The fourth-order valence-corrected chi connectivity index (χ4v) is 4.34. The highest BCUT2D eigenvalue weighted by Gasteiger charge is 2.53. The summed E-state index contributed by atoms with van der Waals surface area (Å²) < 4.78 is 0. The number of Topliss-reactive ketones (excluding diaryl/α,β-unsaturated/α-hetero) is 3. The van der Waals surface area contributed by atoms with Crippen LogP contribution in [0.5, 0.6) is 0 Å². The highest BCUT2D eigenvalue weighted by molar-refractivity contribution is 6.31. The second kappa shape index (κ2) is 8.19. The van der Waals surface area contributed by atoms with Crippen molar-refractivity contribution in [2.24, 2.45) is 5.41 Å². The van der Waals surface area contributed by atoms with Gasteiger partial charge in [0.2, 0.25) is 0 Å². The van der Waals surface area contributed by atoms with Crippen molar-refractivity contribution in [3.8, 4) is 0 Å². The second-order valence-electron chi connectivity index (χ2n) is 8.00. The van der Waals surface area contributed by atoms with E-state index in [9.17, 15) is 14.4 Å². The fraction of sp³-hybridized carbons (Fsp3) is 0.222. The SMILES string of the molecule is CCCc1ccc(CC2(CC(=O)c3ccccc3)C(=O)c3ccccc3C2=O)cc1. The summed E-state index contributed by atoms with van der Waals surface area (Å²) >= 11 is 0. The molecule has 0 N–H and O–H groups in total. The highest BCUT2D eigenvalue weighted by Crippen LogP contribution is 2.43. The van der Waals surface area contributed by atoms with Gasteiger partial charge in [-0.25, -0.2) is 0 Å². The minimum absolute atomic E-state index is 0.125. The summed E-state index contributed by atoms with van der Waals surface area (Å²) in [6.45, 7) is 2.13. The largest absolute Gasteiger partial charge is 0.294 e. The number of benzene rings is 3. The summed E-state index contributed by atoms with van der Waals surface area (Å²) in [5.74, 6) is -0.678. The molecule has 0 fully saturated rings. The summed E-state index contributed by atoms with van der Waals surface area (Å²) in [6.07, 6.45) is 2.15. The van der Waals surface area contributed by atoms with Crippen molar-refractivity contribution in [1.82, 2.24) is 0 Å². The van der Waals surface area contributed by atoms with E-state index in [1.807, 2.05) is 30.3 Å². The Hall–Kier alpha value is -3.33. The number of fused-ring (bicyclic) bond motifs is 1. The zero-order valence-corrected chi connectivity index (χ0v) is 17.1. The molecule has 30 heavy (non-hydrogen) atoms. The lowest BCUT2D eigenvalue weighted by molar-refractivity contribution is 0.0642. The van der Waals surface area contributed by atoms with Gasteiger partial charge < -0.3 is 0 Å². The van der Waals surface area contributed by atoms with Crippen LogP contribution in [0.3, 0.4) is 0 Å². The third kappa shape index (κ3) is 3.52. The van der Waals surface area contributed by atoms with E-state index in [2.05, 4.69) is 6.92 Å². The van der Waals surface area contributed by atoms with E-state index in [1.54, 1.807) is 48.5 Å². The molecule has 0 amide bonds. The summed E-state index contributed by atoms with van der Waals surface area (Å²) in [5, 5.41) is 0. The van der Waals surface area contributed by atoms with Gasteiger partial charge in [0, 0.05) is 23.1 Å². The zero-order valence-electron chi connectivity index (χ0n) is 17.1. The van der Waals surface area contributed by atoms with E-state index >= 15 is 0 Å². The monoisotopic (exact) mass is 396 g/mol. The molecule has 1 aliphatic rings. The van der Waals surface area contributed by atoms with Gasteiger partial charge in [0.25, 0.3) is 0 Å². The van der Waals surface area contributed by atoms with Crippen LogP contribution in [0.25, 0.3) is 0 Å².